The van der Waals surface area contributed by atoms with E-state index in [1.807, 2.05) is 0 Å². The van der Waals surface area contributed by atoms with Gasteiger partial charge in [-0.1, -0.05) is 18.9 Å². The SMILES string of the molecule is C=C[C@H]1[C@@H](C(=O)O)CCCC[C@@H]1C(=O)OCC. The highest BCUT2D eigenvalue weighted by Crippen LogP contribution is 2.35. The predicted octanol–water partition coefficient (Wildman–Crippen LogP) is 2.24. The van der Waals surface area contributed by atoms with Gasteiger partial charge in [-0.25, -0.2) is 0 Å². The van der Waals surface area contributed by atoms with E-state index < -0.39 is 11.9 Å². The molecule has 1 rings (SSSR count). The molecule has 0 saturated heterocycles. The number of hydrogen-bond acceptors (Lipinski definition) is 3. The third-order valence-corrected chi connectivity index (χ3v) is 3.39. The van der Waals surface area contributed by atoms with Crippen LogP contribution in [0.3, 0.4) is 0 Å². The Kier molecular flexibility index (Phi) is 5.19. The van der Waals surface area contributed by atoms with E-state index in [1.165, 1.54) is 0 Å². The lowest BCUT2D eigenvalue weighted by Crippen LogP contribution is -2.32. The zero-order chi connectivity index (χ0) is 12.8. The molecule has 1 aliphatic rings. The summed E-state index contributed by atoms with van der Waals surface area (Å²) in [6, 6.07) is 0. The Bertz CT molecular complexity index is 298. The number of carboxylic acids is 1. The van der Waals surface area contributed by atoms with Gasteiger partial charge in [-0.15, -0.1) is 6.58 Å². The van der Waals surface area contributed by atoms with Crippen molar-refractivity contribution in [2.45, 2.75) is 32.6 Å². The first kappa shape index (κ1) is 13.7. The largest absolute Gasteiger partial charge is 0.481 e. The van der Waals surface area contributed by atoms with Crippen molar-refractivity contribution >= 4 is 11.9 Å². The van der Waals surface area contributed by atoms with E-state index in [0.29, 0.717) is 19.4 Å². The second-order valence-corrected chi connectivity index (χ2v) is 4.40. The van der Waals surface area contributed by atoms with Gasteiger partial charge < -0.3 is 9.84 Å². The zero-order valence-corrected chi connectivity index (χ0v) is 10.2. The number of carbonyl (C=O) groups is 2. The molecule has 17 heavy (non-hydrogen) atoms. The van der Waals surface area contributed by atoms with E-state index in [-0.39, 0.29) is 17.8 Å². The van der Waals surface area contributed by atoms with Crippen molar-refractivity contribution in [3.8, 4) is 0 Å². The molecule has 0 radical (unpaired) electrons. The highest BCUT2D eigenvalue weighted by Gasteiger charge is 2.38. The first-order chi connectivity index (χ1) is 8.11. The summed E-state index contributed by atoms with van der Waals surface area (Å²) in [5.41, 5.74) is 0. The summed E-state index contributed by atoms with van der Waals surface area (Å²) < 4.78 is 5.02. The molecule has 96 valence electrons. The first-order valence-corrected chi connectivity index (χ1v) is 6.13. The molecule has 1 saturated carbocycles. The Labute approximate surface area is 102 Å². The van der Waals surface area contributed by atoms with Crippen LogP contribution in [0.5, 0.6) is 0 Å². The van der Waals surface area contributed by atoms with Gasteiger partial charge in [0.2, 0.25) is 0 Å². The maximum absolute atomic E-state index is 11.8. The maximum atomic E-state index is 11.8. The fraction of sp³-hybridized carbons (Fsp3) is 0.692. The molecule has 1 fully saturated rings. The Morgan fingerprint density at radius 3 is 2.41 bits per heavy atom. The molecule has 0 bridgehead atoms. The van der Waals surface area contributed by atoms with Crippen LogP contribution in [-0.2, 0) is 14.3 Å². The van der Waals surface area contributed by atoms with Gasteiger partial charge in [-0.05, 0) is 19.8 Å². The third kappa shape index (κ3) is 3.32. The van der Waals surface area contributed by atoms with Gasteiger partial charge in [-0.3, -0.25) is 9.59 Å². The minimum atomic E-state index is -0.842. The van der Waals surface area contributed by atoms with Crippen LogP contribution in [0.1, 0.15) is 32.6 Å². The molecule has 0 aromatic heterocycles. The summed E-state index contributed by atoms with van der Waals surface area (Å²) >= 11 is 0. The molecule has 3 atom stereocenters. The Balaban J connectivity index is 2.88. The normalized spacial score (nSPS) is 29.1. The van der Waals surface area contributed by atoms with Gasteiger partial charge in [0.15, 0.2) is 0 Å². The van der Waals surface area contributed by atoms with Gasteiger partial charge in [0.1, 0.15) is 0 Å². The van der Waals surface area contributed by atoms with Crippen LogP contribution in [0.4, 0.5) is 0 Å². The van der Waals surface area contributed by atoms with Gasteiger partial charge in [-0.2, -0.15) is 0 Å². The van der Waals surface area contributed by atoms with Crippen LogP contribution in [0, 0.1) is 17.8 Å². The fourth-order valence-corrected chi connectivity index (χ4v) is 2.53. The van der Waals surface area contributed by atoms with Crippen molar-refractivity contribution in [2.24, 2.45) is 17.8 Å². The molecule has 0 unspecified atom stereocenters. The van der Waals surface area contributed by atoms with Crippen LogP contribution < -0.4 is 0 Å². The number of rotatable bonds is 4. The fourth-order valence-electron chi connectivity index (χ4n) is 2.53. The lowest BCUT2D eigenvalue weighted by molar-refractivity contribution is -0.152. The molecule has 0 amide bonds. The summed E-state index contributed by atoms with van der Waals surface area (Å²) in [6.07, 6.45) is 4.63. The van der Waals surface area contributed by atoms with E-state index >= 15 is 0 Å². The number of ether oxygens (including phenoxy) is 1. The molecule has 4 heteroatoms. The van der Waals surface area contributed by atoms with Crippen molar-refractivity contribution < 1.29 is 19.4 Å². The summed E-state index contributed by atoms with van der Waals surface area (Å²) in [5, 5.41) is 9.19. The number of carbonyl (C=O) groups excluding carboxylic acids is 1. The van der Waals surface area contributed by atoms with Crippen LogP contribution in [-0.4, -0.2) is 23.7 Å². The quantitative estimate of drug-likeness (QED) is 0.465. The second kappa shape index (κ2) is 6.42. The van der Waals surface area contributed by atoms with Crippen LogP contribution in [0.25, 0.3) is 0 Å². The van der Waals surface area contributed by atoms with Crippen molar-refractivity contribution in [3.63, 3.8) is 0 Å². The summed E-state index contributed by atoms with van der Waals surface area (Å²) in [7, 11) is 0. The number of esters is 1. The van der Waals surface area contributed by atoms with Crippen LogP contribution in [0.15, 0.2) is 12.7 Å². The van der Waals surface area contributed by atoms with E-state index in [4.69, 9.17) is 4.74 Å². The van der Waals surface area contributed by atoms with Gasteiger partial charge in [0.25, 0.3) is 0 Å². The number of aliphatic carboxylic acids is 1. The Morgan fingerprint density at radius 1 is 1.35 bits per heavy atom. The van der Waals surface area contributed by atoms with E-state index in [9.17, 15) is 14.7 Å². The third-order valence-electron chi connectivity index (χ3n) is 3.39. The second-order valence-electron chi connectivity index (χ2n) is 4.40. The Hall–Kier alpha value is -1.32. The summed E-state index contributed by atoms with van der Waals surface area (Å²) in [5.74, 6) is -2.30. The number of allylic oxidation sites excluding steroid dienone is 1. The topological polar surface area (TPSA) is 63.6 Å². The number of carboxylic acid groups (broad SMARTS) is 1. The lowest BCUT2D eigenvalue weighted by Gasteiger charge is -2.24. The molecular formula is C13H20O4. The average molecular weight is 240 g/mol. The maximum Gasteiger partial charge on any atom is 0.309 e. The smallest absolute Gasteiger partial charge is 0.309 e. The van der Waals surface area contributed by atoms with Crippen molar-refractivity contribution in [2.75, 3.05) is 6.61 Å². The standard InChI is InChI=1S/C13H20O4/c1-3-9-10(12(14)15)7-5-6-8-11(9)13(16)17-4-2/h3,9-11H,1,4-8H2,2H3,(H,14,15)/t9-,10-,11-/m0/s1. The van der Waals surface area contributed by atoms with Crippen LogP contribution in [0.2, 0.25) is 0 Å². The minimum absolute atomic E-state index is 0.287. The number of hydrogen-bond donors (Lipinski definition) is 1. The molecule has 4 nitrogen and oxygen atoms in total. The highest BCUT2D eigenvalue weighted by atomic mass is 16.5. The van der Waals surface area contributed by atoms with Gasteiger partial charge in [0.05, 0.1) is 18.4 Å². The summed E-state index contributed by atoms with van der Waals surface area (Å²) in [4.78, 5) is 23.0. The molecule has 1 aliphatic carbocycles. The van der Waals surface area contributed by atoms with E-state index in [2.05, 4.69) is 6.58 Å². The van der Waals surface area contributed by atoms with Gasteiger partial charge >= 0.3 is 11.9 Å². The first-order valence-electron chi connectivity index (χ1n) is 6.13. The summed E-state index contributed by atoms with van der Waals surface area (Å²) in [6.45, 7) is 5.77. The minimum Gasteiger partial charge on any atom is -0.481 e. The Morgan fingerprint density at radius 2 is 1.94 bits per heavy atom. The van der Waals surface area contributed by atoms with Crippen molar-refractivity contribution in [1.82, 2.24) is 0 Å². The molecule has 0 aliphatic heterocycles. The van der Waals surface area contributed by atoms with E-state index in [0.717, 1.165) is 12.8 Å². The average Bonchev–Trinajstić information content (AvgIpc) is 2.50. The van der Waals surface area contributed by atoms with Crippen molar-refractivity contribution in [3.05, 3.63) is 12.7 Å². The zero-order valence-electron chi connectivity index (χ0n) is 10.2. The monoisotopic (exact) mass is 240 g/mol. The molecule has 0 aromatic carbocycles. The van der Waals surface area contributed by atoms with Crippen LogP contribution >= 0.6 is 0 Å². The molecular weight excluding hydrogens is 220 g/mol. The van der Waals surface area contributed by atoms with Crippen molar-refractivity contribution in [1.29, 1.82) is 0 Å². The predicted molar refractivity (Wildman–Crippen MR) is 63.4 cm³/mol. The lowest BCUT2D eigenvalue weighted by atomic mass is 9.80. The van der Waals surface area contributed by atoms with E-state index in [1.54, 1.807) is 13.0 Å². The van der Waals surface area contributed by atoms with Gasteiger partial charge in [0, 0.05) is 5.92 Å². The molecule has 0 spiro atoms. The highest BCUT2D eigenvalue weighted by molar-refractivity contribution is 5.76. The molecule has 0 aromatic rings. The molecule has 0 heterocycles. The molecule has 1 N–H and O–H groups in total.